The van der Waals surface area contributed by atoms with Gasteiger partial charge in [-0.25, -0.2) is 4.79 Å². The summed E-state index contributed by atoms with van der Waals surface area (Å²) in [5, 5.41) is 46.0. The van der Waals surface area contributed by atoms with Crippen molar-refractivity contribution >= 4 is 5.97 Å². The Morgan fingerprint density at radius 2 is 1.69 bits per heavy atom. The monoisotopic (exact) mass is 406 g/mol. The van der Waals surface area contributed by atoms with Crippen molar-refractivity contribution in [2.45, 2.75) is 94.5 Å². The lowest BCUT2D eigenvalue weighted by atomic mass is 9.40. The molecule has 0 aromatic heterocycles. The van der Waals surface area contributed by atoms with Crippen LogP contribution in [0.1, 0.15) is 71.6 Å². The molecule has 4 saturated carbocycles. The second-order valence-electron chi connectivity index (χ2n) is 11.1. The highest BCUT2D eigenvalue weighted by molar-refractivity contribution is 5.85. The Morgan fingerprint density at radius 3 is 2.38 bits per heavy atom. The van der Waals surface area contributed by atoms with E-state index in [2.05, 4.69) is 13.8 Å². The van der Waals surface area contributed by atoms with Gasteiger partial charge in [-0.3, -0.25) is 0 Å². The van der Waals surface area contributed by atoms with Crippen LogP contribution in [0.5, 0.6) is 0 Å². The van der Waals surface area contributed by atoms with Crippen LogP contribution in [0.3, 0.4) is 0 Å². The molecule has 4 aliphatic carbocycles. The van der Waals surface area contributed by atoms with Gasteiger partial charge in [0.15, 0.2) is 0 Å². The smallest absolute Gasteiger partial charge is 0.331 e. The number of cyclic esters (lactones) is 1. The molecule has 29 heavy (non-hydrogen) atoms. The number of hydrogen-bond acceptors (Lipinski definition) is 6. The van der Waals surface area contributed by atoms with Crippen molar-refractivity contribution in [3.63, 3.8) is 0 Å². The Bertz CT molecular complexity index is 779. The van der Waals surface area contributed by atoms with Crippen LogP contribution in [-0.2, 0) is 9.53 Å². The third-order valence-corrected chi connectivity index (χ3v) is 10.2. The lowest BCUT2D eigenvalue weighted by molar-refractivity contribution is -0.322. The van der Waals surface area contributed by atoms with Crippen LogP contribution in [0.4, 0.5) is 0 Å². The second-order valence-corrected chi connectivity index (χ2v) is 11.1. The summed E-state index contributed by atoms with van der Waals surface area (Å²) in [4.78, 5) is 11.6. The zero-order valence-corrected chi connectivity index (χ0v) is 17.5. The average Bonchev–Trinajstić information content (AvgIpc) is 3.19. The van der Waals surface area contributed by atoms with Gasteiger partial charge in [-0.15, -0.1) is 0 Å². The Morgan fingerprint density at radius 1 is 0.966 bits per heavy atom. The quantitative estimate of drug-likeness (QED) is 0.495. The van der Waals surface area contributed by atoms with Gasteiger partial charge in [0.05, 0.1) is 22.9 Å². The molecule has 0 unspecified atom stereocenters. The maximum absolute atomic E-state index is 12.1. The highest BCUT2D eigenvalue weighted by Crippen LogP contribution is 2.71. The average molecular weight is 407 g/mol. The minimum absolute atomic E-state index is 0.0192. The summed E-state index contributed by atoms with van der Waals surface area (Å²) in [7, 11) is 0. The number of carbonyl (C=O) groups excluding carboxylic acids is 1. The fourth-order valence-corrected chi connectivity index (χ4v) is 8.43. The van der Waals surface area contributed by atoms with Crippen molar-refractivity contribution < 1.29 is 30.0 Å². The molecule has 0 amide bonds. The minimum Gasteiger partial charge on any atom is -0.458 e. The molecule has 6 heteroatoms. The maximum atomic E-state index is 12.1. The Labute approximate surface area is 172 Å². The molecular formula is C23H34O6. The van der Waals surface area contributed by atoms with Crippen LogP contribution < -0.4 is 0 Å². The predicted molar refractivity (Wildman–Crippen MR) is 105 cm³/mol. The van der Waals surface area contributed by atoms with E-state index in [1.165, 1.54) is 0 Å². The number of fused-ring (bicyclic) bond motifs is 5. The summed E-state index contributed by atoms with van der Waals surface area (Å²) in [6.45, 7) is 4.40. The van der Waals surface area contributed by atoms with Gasteiger partial charge in [0, 0.05) is 23.3 Å². The van der Waals surface area contributed by atoms with E-state index >= 15 is 0 Å². The highest BCUT2D eigenvalue weighted by Gasteiger charge is 2.76. The number of aliphatic hydroxyl groups excluding tert-OH is 1. The third-order valence-electron chi connectivity index (χ3n) is 10.2. The molecule has 6 nitrogen and oxygen atoms in total. The summed E-state index contributed by atoms with van der Waals surface area (Å²) in [6.07, 6.45) is 6.10. The molecule has 1 heterocycles. The van der Waals surface area contributed by atoms with Crippen molar-refractivity contribution in [3.05, 3.63) is 11.6 Å². The van der Waals surface area contributed by atoms with Gasteiger partial charge >= 0.3 is 5.97 Å². The predicted octanol–water partition coefficient (Wildman–Crippen LogP) is 1.83. The van der Waals surface area contributed by atoms with E-state index in [9.17, 15) is 25.2 Å². The van der Waals surface area contributed by atoms with Crippen molar-refractivity contribution in [1.29, 1.82) is 0 Å². The number of carbonyl (C=O) groups is 1. The normalized spacial score (nSPS) is 56.8. The second kappa shape index (κ2) is 5.84. The molecule has 0 spiro atoms. The summed E-state index contributed by atoms with van der Waals surface area (Å²) in [5.41, 5.74) is -3.66. The summed E-state index contributed by atoms with van der Waals surface area (Å²) >= 11 is 0. The molecule has 0 saturated heterocycles. The Hall–Kier alpha value is -0.950. The first kappa shape index (κ1) is 20.0. The number of esters is 1. The van der Waals surface area contributed by atoms with E-state index < -0.39 is 33.7 Å². The zero-order valence-electron chi connectivity index (χ0n) is 17.5. The fourth-order valence-electron chi connectivity index (χ4n) is 8.43. The minimum atomic E-state index is -1.28. The van der Waals surface area contributed by atoms with Gasteiger partial charge in [0.25, 0.3) is 0 Å². The number of aliphatic hydroxyl groups is 4. The molecule has 0 radical (unpaired) electrons. The molecule has 0 aromatic carbocycles. The van der Waals surface area contributed by atoms with Gasteiger partial charge < -0.3 is 25.2 Å². The first-order valence-corrected chi connectivity index (χ1v) is 11.2. The van der Waals surface area contributed by atoms with Gasteiger partial charge in [-0.05, 0) is 68.8 Å². The van der Waals surface area contributed by atoms with Gasteiger partial charge in [0.2, 0.25) is 0 Å². The van der Waals surface area contributed by atoms with E-state index in [-0.39, 0.29) is 24.4 Å². The van der Waals surface area contributed by atoms with Crippen LogP contribution in [-0.4, -0.2) is 55.9 Å². The molecule has 5 rings (SSSR count). The lowest BCUT2D eigenvalue weighted by Crippen LogP contribution is -2.76. The standard InChI is InChI=1S/C23H34O6/c1-19-7-5-17-20(2)6-3-15(24)12-21(20,26)9-10-22(17,27)23(19,28)8-4-16(19)14-11-18(25)29-13-14/h11,15-17,24,26-28H,3-10,12-13H2,1-2H3/t15-,16+,17+,19+,20+,21-,22-,23+/m0/s1. The van der Waals surface area contributed by atoms with Gasteiger partial charge in [-0.1, -0.05) is 13.8 Å². The molecule has 162 valence electrons. The largest absolute Gasteiger partial charge is 0.458 e. The maximum Gasteiger partial charge on any atom is 0.331 e. The molecule has 4 N–H and O–H groups in total. The summed E-state index contributed by atoms with van der Waals surface area (Å²) in [6, 6.07) is 0. The van der Waals surface area contributed by atoms with Crippen LogP contribution in [0.25, 0.3) is 0 Å². The molecule has 0 bridgehead atoms. The third kappa shape index (κ3) is 2.24. The van der Waals surface area contributed by atoms with E-state index in [0.29, 0.717) is 38.5 Å². The van der Waals surface area contributed by atoms with Crippen LogP contribution in [0.2, 0.25) is 0 Å². The van der Waals surface area contributed by atoms with Crippen molar-refractivity contribution in [2.75, 3.05) is 6.61 Å². The highest BCUT2D eigenvalue weighted by atomic mass is 16.5. The van der Waals surface area contributed by atoms with Crippen LogP contribution >= 0.6 is 0 Å². The SMILES string of the molecule is C[C@]12CC[C@H](O)C[C@@]1(O)CC[C@]1(O)[C@@H]2CC[C@]2(C)[C@@H](C3=CC(=O)OC3)CC[C@@]21O. The van der Waals surface area contributed by atoms with E-state index in [0.717, 1.165) is 24.8 Å². The molecular weight excluding hydrogens is 372 g/mol. The van der Waals surface area contributed by atoms with E-state index in [1.54, 1.807) is 6.08 Å². The molecule has 1 aliphatic heterocycles. The van der Waals surface area contributed by atoms with Gasteiger partial charge in [0.1, 0.15) is 6.61 Å². The van der Waals surface area contributed by atoms with E-state index in [4.69, 9.17) is 4.74 Å². The van der Waals surface area contributed by atoms with Crippen LogP contribution in [0, 0.1) is 22.7 Å². The van der Waals surface area contributed by atoms with Crippen molar-refractivity contribution in [2.24, 2.45) is 22.7 Å². The lowest BCUT2D eigenvalue weighted by Gasteiger charge is -2.69. The topological polar surface area (TPSA) is 107 Å². The summed E-state index contributed by atoms with van der Waals surface area (Å²) in [5.74, 6) is -0.512. The van der Waals surface area contributed by atoms with Crippen molar-refractivity contribution in [3.8, 4) is 0 Å². The molecule has 4 fully saturated rings. The first-order valence-electron chi connectivity index (χ1n) is 11.2. The summed E-state index contributed by atoms with van der Waals surface area (Å²) < 4.78 is 5.14. The Balaban J connectivity index is 1.54. The number of ether oxygens (including phenoxy) is 1. The zero-order chi connectivity index (χ0) is 20.9. The Kier molecular flexibility index (Phi) is 4.03. The first-order chi connectivity index (χ1) is 13.5. The number of rotatable bonds is 1. The fraction of sp³-hybridized carbons (Fsp3) is 0.870. The van der Waals surface area contributed by atoms with Gasteiger partial charge in [-0.2, -0.15) is 0 Å². The molecule has 5 aliphatic rings. The van der Waals surface area contributed by atoms with Crippen LogP contribution in [0.15, 0.2) is 11.6 Å². The van der Waals surface area contributed by atoms with E-state index in [1.807, 2.05) is 0 Å². The number of hydrogen-bond donors (Lipinski definition) is 4. The molecule has 8 atom stereocenters. The van der Waals surface area contributed by atoms with Crippen molar-refractivity contribution in [1.82, 2.24) is 0 Å². The molecule has 0 aromatic rings.